The molecule has 0 aliphatic heterocycles. The van der Waals surface area contributed by atoms with Gasteiger partial charge in [-0.3, -0.25) is 0 Å². The van der Waals surface area contributed by atoms with Gasteiger partial charge in [0.05, 0.1) is 28.6 Å². The van der Waals surface area contributed by atoms with Gasteiger partial charge in [0.25, 0.3) is 0 Å². The van der Waals surface area contributed by atoms with Crippen LogP contribution in [-0.2, 0) is 5.75 Å². The number of benzene rings is 2. The fourth-order valence-electron chi connectivity index (χ4n) is 2.25. The highest BCUT2D eigenvalue weighted by atomic mass is 35.5. The van der Waals surface area contributed by atoms with E-state index in [0.29, 0.717) is 10.8 Å². The number of hydrogen-bond acceptors (Lipinski definition) is 4. The number of H-pyrrole nitrogens is 1. The van der Waals surface area contributed by atoms with Crippen molar-refractivity contribution >= 4 is 34.4 Å². The van der Waals surface area contributed by atoms with Gasteiger partial charge in [0.2, 0.25) is 0 Å². The molecule has 0 saturated carbocycles. The van der Waals surface area contributed by atoms with Crippen molar-refractivity contribution in [1.29, 1.82) is 0 Å². The van der Waals surface area contributed by atoms with E-state index in [9.17, 15) is 0 Å². The Morgan fingerprint density at radius 2 is 2.04 bits per heavy atom. The molecule has 0 saturated heterocycles. The molecule has 2 heterocycles. The van der Waals surface area contributed by atoms with E-state index in [1.165, 1.54) is 0 Å². The maximum absolute atomic E-state index is 6.00. The number of thioether (sulfide) groups is 1. The number of imidazole rings is 1. The molecule has 4 rings (SSSR count). The molecule has 1 N–H and O–H groups in total. The van der Waals surface area contributed by atoms with Crippen molar-refractivity contribution in [2.75, 3.05) is 0 Å². The van der Waals surface area contributed by atoms with Crippen LogP contribution in [0.15, 0.2) is 59.9 Å². The summed E-state index contributed by atoms with van der Waals surface area (Å²) in [5, 5.41) is 9.90. The fraction of sp³-hybridized carbons (Fsp3) is 0.0625. The highest BCUT2D eigenvalue weighted by Crippen LogP contribution is 2.22. The molecule has 0 bridgehead atoms. The van der Waals surface area contributed by atoms with Crippen LogP contribution in [0.1, 0.15) is 5.69 Å². The van der Waals surface area contributed by atoms with Crippen molar-refractivity contribution in [3.05, 3.63) is 65.4 Å². The third-order valence-electron chi connectivity index (χ3n) is 3.34. The van der Waals surface area contributed by atoms with Gasteiger partial charge < -0.3 is 4.98 Å². The molecule has 2 aromatic heterocycles. The molecular formula is C16H12ClN5S. The molecule has 0 spiro atoms. The quantitative estimate of drug-likeness (QED) is 0.568. The summed E-state index contributed by atoms with van der Waals surface area (Å²) in [6.07, 6.45) is 1.90. The molecule has 0 aliphatic carbocycles. The summed E-state index contributed by atoms with van der Waals surface area (Å²) >= 11 is 7.61. The first-order valence-corrected chi connectivity index (χ1v) is 8.39. The van der Waals surface area contributed by atoms with Crippen molar-refractivity contribution in [3.63, 3.8) is 0 Å². The molecule has 0 fully saturated rings. The van der Waals surface area contributed by atoms with Crippen LogP contribution in [0.2, 0.25) is 5.02 Å². The highest BCUT2D eigenvalue weighted by molar-refractivity contribution is 7.98. The largest absolute Gasteiger partial charge is 0.333 e. The number of fused-ring (bicyclic) bond motifs is 1. The Morgan fingerprint density at radius 1 is 1.13 bits per heavy atom. The van der Waals surface area contributed by atoms with Crippen molar-refractivity contribution in [2.45, 2.75) is 10.9 Å². The number of aromatic amines is 1. The van der Waals surface area contributed by atoms with Gasteiger partial charge in [0.15, 0.2) is 5.16 Å². The van der Waals surface area contributed by atoms with E-state index in [0.717, 1.165) is 27.6 Å². The first-order chi connectivity index (χ1) is 11.3. The first-order valence-electron chi connectivity index (χ1n) is 7.03. The summed E-state index contributed by atoms with van der Waals surface area (Å²) < 4.78 is 1.72. The Bertz CT molecular complexity index is 929. The zero-order chi connectivity index (χ0) is 15.6. The number of aromatic nitrogens is 5. The molecule has 2 aromatic carbocycles. The lowest BCUT2D eigenvalue weighted by atomic mass is 10.3. The molecule has 114 valence electrons. The lowest BCUT2D eigenvalue weighted by Crippen LogP contribution is -1.93. The fourth-order valence-corrected chi connectivity index (χ4v) is 3.20. The van der Waals surface area contributed by atoms with Gasteiger partial charge >= 0.3 is 0 Å². The van der Waals surface area contributed by atoms with Crippen LogP contribution in [0, 0.1) is 0 Å². The summed E-state index contributed by atoms with van der Waals surface area (Å²) in [6, 6.07) is 15.5. The molecular weight excluding hydrogens is 330 g/mol. The molecule has 4 aromatic rings. The number of nitrogens with one attached hydrogen (secondary N) is 1. The Balaban J connectivity index is 1.49. The van der Waals surface area contributed by atoms with E-state index in [1.807, 2.05) is 54.7 Å². The van der Waals surface area contributed by atoms with Gasteiger partial charge in [-0.1, -0.05) is 46.8 Å². The normalized spacial score (nSPS) is 11.2. The van der Waals surface area contributed by atoms with Crippen molar-refractivity contribution in [2.24, 2.45) is 0 Å². The molecule has 0 unspecified atom stereocenters. The van der Waals surface area contributed by atoms with E-state index < -0.39 is 0 Å². The van der Waals surface area contributed by atoms with Gasteiger partial charge in [-0.05, 0) is 30.3 Å². The minimum absolute atomic E-state index is 0.677. The summed E-state index contributed by atoms with van der Waals surface area (Å²) in [5.41, 5.74) is 3.79. The third-order valence-corrected chi connectivity index (χ3v) is 4.48. The Hall–Kier alpha value is -2.31. The third kappa shape index (κ3) is 3.09. The second-order valence-corrected chi connectivity index (χ2v) is 6.38. The first kappa shape index (κ1) is 14.3. The average Bonchev–Trinajstić information content (AvgIpc) is 3.19. The second kappa shape index (κ2) is 6.06. The molecule has 0 aliphatic rings. The van der Waals surface area contributed by atoms with E-state index >= 15 is 0 Å². The van der Waals surface area contributed by atoms with Gasteiger partial charge in [0, 0.05) is 10.8 Å². The zero-order valence-electron chi connectivity index (χ0n) is 12.0. The summed E-state index contributed by atoms with van der Waals surface area (Å²) in [6.45, 7) is 0. The van der Waals surface area contributed by atoms with Gasteiger partial charge in [-0.2, -0.15) is 0 Å². The van der Waals surface area contributed by atoms with Crippen LogP contribution in [0.25, 0.3) is 16.7 Å². The number of rotatable bonds is 4. The van der Waals surface area contributed by atoms with Crippen molar-refractivity contribution < 1.29 is 0 Å². The summed E-state index contributed by atoms with van der Waals surface area (Å²) in [7, 11) is 0. The SMILES string of the molecule is Clc1cccc(-n2cc(CSc3nc4ccccc4[nH]3)nn2)c1. The number of nitrogens with zero attached hydrogens (tertiary/aromatic N) is 4. The molecule has 23 heavy (non-hydrogen) atoms. The molecule has 0 atom stereocenters. The Kier molecular flexibility index (Phi) is 3.77. The smallest absolute Gasteiger partial charge is 0.166 e. The highest BCUT2D eigenvalue weighted by Gasteiger charge is 2.07. The molecule has 0 radical (unpaired) electrons. The van der Waals surface area contributed by atoms with Gasteiger partial charge in [-0.15, -0.1) is 5.10 Å². The predicted molar refractivity (Wildman–Crippen MR) is 92.0 cm³/mol. The number of hydrogen-bond donors (Lipinski definition) is 1. The summed E-state index contributed by atoms with van der Waals surface area (Å²) in [4.78, 5) is 7.83. The number of halogens is 1. The van der Waals surface area contributed by atoms with Gasteiger partial charge in [-0.25, -0.2) is 9.67 Å². The van der Waals surface area contributed by atoms with E-state index in [4.69, 9.17) is 11.6 Å². The van der Waals surface area contributed by atoms with Crippen LogP contribution in [-0.4, -0.2) is 25.0 Å². The second-order valence-electron chi connectivity index (χ2n) is 4.98. The van der Waals surface area contributed by atoms with Crippen LogP contribution in [0.5, 0.6) is 0 Å². The Morgan fingerprint density at radius 3 is 2.91 bits per heavy atom. The van der Waals surface area contributed by atoms with Crippen LogP contribution < -0.4 is 0 Å². The lowest BCUT2D eigenvalue weighted by Gasteiger charge is -1.99. The van der Waals surface area contributed by atoms with Crippen molar-refractivity contribution in [1.82, 2.24) is 25.0 Å². The minimum Gasteiger partial charge on any atom is -0.333 e. The lowest BCUT2D eigenvalue weighted by molar-refractivity contribution is 0.800. The molecule has 7 heteroatoms. The standard InChI is InChI=1S/C16H12ClN5S/c17-11-4-3-5-13(8-11)22-9-12(20-21-22)10-23-16-18-14-6-1-2-7-15(14)19-16/h1-9H,10H2,(H,18,19). The topological polar surface area (TPSA) is 59.4 Å². The molecule has 5 nitrogen and oxygen atoms in total. The monoisotopic (exact) mass is 341 g/mol. The van der Waals surface area contributed by atoms with Crippen LogP contribution in [0.4, 0.5) is 0 Å². The zero-order valence-corrected chi connectivity index (χ0v) is 13.6. The van der Waals surface area contributed by atoms with Crippen molar-refractivity contribution in [3.8, 4) is 5.69 Å². The summed E-state index contributed by atoms with van der Waals surface area (Å²) in [5.74, 6) is 0.695. The maximum Gasteiger partial charge on any atom is 0.166 e. The average molecular weight is 342 g/mol. The Labute approximate surface area is 141 Å². The van der Waals surface area contributed by atoms with Crippen LogP contribution in [0.3, 0.4) is 0 Å². The van der Waals surface area contributed by atoms with E-state index in [1.54, 1.807) is 16.4 Å². The minimum atomic E-state index is 0.677. The van der Waals surface area contributed by atoms with E-state index in [-0.39, 0.29) is 0 Å². The maximum atomic E-state index is 6.00. The van der Waals surface area contributed by atoms with E-state index in [2.05, 4.69) is 20.3 Å². The van der Waals surface area contributed by atoms with Crippen LogP contribution >= 0.6 is 23.4 Å². The van der Waals surface area contributed by atoms with Gasteiger partial charge in [0.1, 0.15) is 0 Å². The predicted octanol–water partition coefficient (Wildman–Crippen LogP) is 4.09. The number of para-hydroxylation sites is 2. The molecule has 0 amide bonds.